The first-order valence-electron chi connectivity index (χ1n) is 11.9. The van der Waals surface area contributed by atoms with Crippen molar-refractivity contribution in [3.8, 4) is 0 Å². The molecule has 0 bridgehead atoms. The van der Waals surface area contributed by atoms with Gasteiger partial charge in [0.1, 0.15) is 21.7 Å². The zero-order chi connectivity index (χ0) is 32.0. The van der Waals surface area contributed by atoms with E-state index in [2.05, 4.69) is 10.6 Å². The van der Waals surface area contributed by atoms with Crippen LogP contribution in [0.3, 0.4) is 0 Å². The standard InChI is InChI=1S/C27H16Cl3F6N3O4/c1-10(40)23(41)39-22-17(32)6-7-18(21(22)33)38-24(42)13-9-12(3-4-15(13)28)37-25(43)20-19(26(20,29)30)11-2-5-16(31)14(8-11)27(34,35)36/h2-9,19-20H,1H3,(H,37,43)(H,38,42)(H,39,41)/t19-,20+/m0/s1. The molecule has 2 atom stereocenters. The van der Waals surface area contributed by atoms with E-state index in [1.807, 2.05) is 0 Å². The van der Waals surface area contributed by atoms with Crippen molar-refractivity contribution in [3.05, 3.63) is 87.7 Å². The Morgan fingerprint density at radius 3 is 2.14 bits per heavy atom. The third kappa shape index (κ3) is 6.58. The lowest BCUT2D eigenvalue weighted by Crippen LogP contribution is -2.22. The first-order chi connectivity index (χ1) is 19.9. The van der Waals surface area contributed by atoms with Crippen molar-refractivity contribution in [1.29, 1.82) is 0 Å². The van der Waals surface area contributed by atoms with Gasteiger partial charge in [0.2, 0.25) is 11.7 Å². The molecule has 3 aromatic rings. The van der Waals surface area contributed by atoms with Gasteiger partial charge in [-0.3, -0.25) is 19.2 Å². The van der Waals surface area contributed by atoms with Crippen LogP contribution in [0.4, 0.5) is 43.4 Å². The van der Waals surface area contributed by atoms with Gasteiger partial charge < -0.3 is 16.0 Å². The molecule has 16 heteroatoms. The first-order valence-corrected chi connectivity index (χ1v) is 13.0. The lowest BCUT2D eigenvalue weighted by Gasteiger charge is -2.13. The maximum Gasteiger partial charge on any atom is 0.419 e. The highest BCUT2D eigenvalue weighted by atomic mass is 35.5. The Hall–Kier alpha value is -3.81. The van der Waals surface area contributed by atoms with E-state index in [9.17, 15) is 45.5 Å². The third-order valence-electron chi connectivity index (χ3n) is 6.37. The van der Waals surface area contributed by atoms with Crippen molar-refractivity contribution in [2.45, 2.75) is 23.4 Å². The number of nitrogens with one attached hydrogen (secondary N) is 3. The van der Waals surface area contributed by atoms with Gasteiger partial charge in [-0.2, -0.15) is 13.2 Å². The van der Waals surface area contributed by atoms with Crippen LogP contribution >= 0.6 is 34.8 Å². The summed E-state index contributed by atoms with van der Waals surface area (Å²) in [6, 6.07) is 7.24. The number of halogens is 9. The maximum absolute atomic E-state index is 14.9. The van der Waals surface area contributed by atoms with Crippen molar-refractivity contribution in [1.82, 2.24) is 0 Å². The topological polar surface area (TPSA) is 104 Å². The molecule has 0 spiro atoms. The molecule has 4 rings (SSSR count). The number of carbonyl (C=O) groups excluding carboxylic acids is 4. The average Bonchev–Trinajstić information content (AvgIpc) is 3.50. The number of Topliss-reactive ketones (excluding diaryl/α,β-unsaturated/α-hetero) is 1. The zero-order valence-electron chi connectivity index (χ0n) is 21.3. The Bertz CT molecular complexity index is 1680. The summed E-state index contributed by atoms with van der Waals surface area (Å²) in [6.07, 6.45) is -5.00. The molecule has 0 aliphatic heterocycles. The second-order valence-corrected chi connectivity index (χ2v) is 11.2. The minimum atomic E-state index is -5.00. The van der Waals surface area contributed by atoms with Crippen LogP contribution in [0.5, 0.6) is 0 Å². The molecule has 226 valence electrons. The van der Waals surface area contributed by atoms with Gasteiger partial charge in [0.05, 0.1) is 27.8 Å². The van der Waals surface area contributed by atoms with Crippen LogP contribution < -0.4 is 16.0 Å². The number of ketones is 1. The van der Waals surface area contributed by atoms with E-state index in [1.54, 1.807) is 5.32 Å². The molecule has 7 nitrogen and oxygen atoms in total. The van der Waals surface area contributed by atoms with E-state index in [-0.39, 0.29) is 21.8 Å². The molecule has 0 unspecified atom stereocenters. The normalized spacial score (nSPS) is 17.2. The fraction of sp³-hybridized carbons (Fsp3) is 0.185. The molecule has 1 fully saturated rings. The van der Waals surface area contributed by atoms with E-state index in [1.165, 1.54) is 12.1 Å². The van der Waals surface area contributed by atoms with Crippen LogP contribution in [0.1, 0.15) is 34.3 Å². The fourth-order valence-electron chi connectivity index (χ4n) is 4.17. The quantitative estimate of drug-likeness (QED) is 0.142. The predicted octanol–water partition coefficient (Wildman–Crippen LogP) is 7.08. The van der Waals surface area contributed by atoms with E-state index in [0.29, 0.717) is 12.1 Å². The first kappa shape index (κ1) is 32.1. The number of alkyl halides is 5. The molecule has 1 aliphatic rings. The highest BCUT2D eigenvalue weighted by molar-refractivity contribution is 6.53. The fourth-order valence-corrected chi connectivity index (χ4v) is 5.20. The number of benzene rings is 3. The second-order valence-electron chi connectivity index (χ2n) is 9.30. The lowest BCUT2D eigenvalue weighted by molar-refractivity contribution is -0.140. The van der Waals surface area contributed by atoms with Gasteiger partial charge in [-0.05, 0) is 48.0 Å². The Morgan fingerprint density at radius 1 is 0.860 bits per heavy atom. The maximum atomic E-state index is 14.9. The smallest absolute Gasteiger partial charge is 0.326 e. The summed E-state index contributed by atoms with van der Waals surface area (Å²) in [5, 5.41) is 6.16. The van der Waals surface area contributed by atoms with Crippen molar-refractivity contribution in [2.24, 2.45) is 5.92 Å². The monoisotopic (exact) mass is 665 g/mol. The van der Waals surface area contributed by atoms with Crippen molar-refractivity contribution in [2.75, 3.05) is 16.0 Å². The Morgan fingerprint density at radius 2 is 1.51 bits per heavy atom. The molecule has 43 heavy (non-hydrogen) atoms. The number of amides is 3. The minimum absolute atomic E-state index is 0.0431. The SMILES string of the molecule is CC(=O)C(=O)Nc1c(F)ccc(NC(=O)c2cc(NC(=O)[C@H]3[C@H](c4ccc(F)c(C(F)(F)F)c4)C3(Cl)Cl)ccc2Cl)c1F. The van der Waals surface area contributed by atoms with Gasteiger partial charge in [-0.1, -0.05) is 17.7 Å². The molecule has 3 amide bonds. The Labute approximate surface area is 253 Å². The largest absolute Gasteiger partial charge is 0.419 e. The molecule has 3 aromatic carbocycles. The summed E-state index contributed by atoms with van der Waals surface area (Å²) in [4.78, 5) is 48.6. The van der Waals surface area contributed by atoms with Crippen LogP contribution in [-0.4, -0.2) is 27.8 Å². The summed E-state index contributed by atoms with van der Waals surface area (Å²) in [6.45, 7) is 0.876. The Balaban J connectivity index is 1.53. The highest BCUT2D eigenvalue weighted by Gasteiger charge is 2.67. The van der Waals surface area contributed by atoms with E-state index >= 15 is 0 Å². The van der Waals surface area contributed by atoms with E-state index in [4.69, 9.17) is 34.8 Å². The van der Waals surface area contributed by atoms with Crippen LogP contribution in [0.2, 0.25) is 5.02 Å². The average molecular weight is 667 g/mol. The van der Waals surface area contributed by atoms with Crippen molar-refractivity contribution < 1.29 is 45.5 Å². The van der Waals surface area contributed by atoms with Crippen LogP contribution in [-0.2, 0) is 20.6 Å². The van der Waals surface area contributed by atoms with Gasteiger partial charge in [-0.25, -0.2) is 13.2 Å². The molecule has 0 aromatic heterocycles. The number of hydrogen-bond donors (Lipinski definition) is 3. The summed E-state index contributed by atoms with van der Waals surface area (Å²) in [5.41, 5.74) is -3.62. The molecule has 0 radical (unpaired) electrons. The van der Waals surface area contributed by atoms with Gasteiger partial charge >= 0.3 is 6.18 Å². The number of hydrogen-bond acceptors (Lipinski definition) is 4. The van der Waals surface area contributed by atoms with Gasteiger partial charge in [0, 0.05) is 18.5 Å². The van der Waals surface area contributed by atoms with Gasteiger partial charge in [0.15, 0.2) is 5.82 Å². The lowest BCUT2D eigenvalue weighted by atomic mass is 10.0. The molecule has 1 saturated carbocycles. The van der Waals surface area contributed by atoms with Crippen molar-refractivity contribution >= 4 is 75.4 Å². The molecular weight excluding hydrogens is 651 g/mol. The zero-order valence-corrected chi connectivity index (χ0v) is 23.6. The van der Waals surface area contributed by atoms with Gasteiger partial charge in [0.25, 0.3) is 11.8 Å². The summed E-state index contributed by atoms with van der Waals surface area (Å²) >= 11 is 18.5. The number of rotatable bonds is 7. The summed E-state index contributed by atoms with van der Waals surface area (Å²) < 4.78 is 80.3. The third-order valence-corrected chi connectivity index (χ3v) is 7.64. The summed E-state index contributed by atoms with van der Waals surface area (Å²) in [7, 11) is 0. The molecule has 3 N–H and O–H groups in total. The second kappa shape index (κ2) is 11.7. The molecule has 0 heterocycles. The Kier molecular flexibility index (Phi) is 8.74. The minimum Gasteiger partial charge on any atom is -0.326 e. The number of carbonyl (C=O) groups is 4. The van der Waals surface area contributed by atoms with Gasteiger partial charge in [-0.15, -0.1) is 23.2 Å². The number of anilines is 3. The van der Waals surface area contributed by atoms with Crippen LogP contribution in [0.25, 0.3) is 0 Å². The predicted molar refractivity (Wildman–Crippen MR) is 146 cm³/mol. The molecule has 0 saturated heterocycles. The van der Waals surface area contributed by atoms with Crippen LogP contribution in [0.15, 0.2) is 48.5 Å². The van der Waals surface area contributed by atoms with Crippen LogP contribution in [0, 0.1) is 23.4 Å². The highest BCUT2D eigenvalue weighted by Crippen LogP contribution is 2.65. The van der Waals surface area contributed by atoms with E-state index < -0.39 is 80.2 Å². The molecule has 1 aliphatic carbocycles. The summed E-state index contributed by atoms with van der Waals surface area (Å²) in [5.74, 6) is -10.8. The van der Waals surface area contributed by atoms with E-state index in [0.717, 1.165) is 31.2 Å². The van der Waals surface area contributed by atoms with Crippen molar-refractivity contribution in [3.63, 3.8) is 0 Å². The molecular formula is C27H16Cl3F6N3O4.